The highest BCUT2D eigenvalue weighted by atomic mass is 35.5. The number of hydrogen-bond acceptors (Lipinski definition) is 5. The largest absolute Gasteiger partial charge is 0.496 e. The Morgan fingerprint density at radius 1 is 1.10 bits per heavy atom. The molecule has 166 valence electrons. The lowest BCUT2D eigenvalue weighted by Gasteiger charge is -2.18. The van der Waals surface area contributed by atoms with Crippen LogP contribution in [0.1, 0.15) is 31.7 Å². The van der Waals surface area contributed by atoms with Gasteiger partial charge in [-0.1, -0.05) is 35.9 Å². The van der Waals surface area contributed by atoms with E-state index in [1.807, 2.05) is 30.3 Å². The summed E-state index contributed by atoms with van der Waals surface area (Å²) in [5.41, 5.74) is 2.67. The van der Waals surface area contributed by atoms with Crippen LogP contribution in [-0.2, 0) is 25.5 Å². The van der Waals surface area contributed by atoms with Gasteiger partial charge in [0.15, 0.2) is 0 Å². The number of amides is 1. The number of carboxylic acids is 1. The summed E-state index contributed by atoms with van der Waals surface area (Å²) in [5, 5.41) is 12.1. The van der Waals surface area contributed by atoms with Crippen molar-refractivity contribution in [2.24, 2.45) is 0 Å². The minimum absolute atomic E-state index is 0.00345. The van der Waals surface area contributed by atoms with Crippen molar-refractivity contribution in [1.82, 2.24) is 5.32 Å². The van der Waals surface area contributed by atoms with E-state index in [2.05, 4.69) is 5.32 Å². The van der Waals surface area contributed by atoms with Crippen LogP contribution in [0.5, 0.6) is 5.75 Å². The number of benzene rings is 2. The number of esters is 1. The summed E-state index contributed by atoms with van der Waals surface area (Å²) < 4.78 is 10.4. The van der Waals surface area contributed by atoms with Gasteiger partial charge >= 0.3 is 11.9 Å². The van der Waals surface area contributed by atoms with Crippen molar-refractivity contribution in [3.05, 3.63) is 53.1 Å². The highest BCUT2D eigenvalue weighted by Crippen LogP contribution is 2.32. The number of ether oxygens (including phenoxy) is 2. The number of carboxylic acid groups (broad SMARTS) is 1. The standard InChI is InChI=1S/C23H26ClNO6/c1-3-31-23(29)14-18(25-21(26)10-11-22(27)28)12-15-4-6-16(7-5-15)19-13-17(24)8-9-20(19)30-2/h4-9,13,18H,3,10-12,14H2,1-2H3,(H,25,26)(H,27,28). The molecule has 1 amide bonds. The normalized spacial score (nSPS) is 11.5. The van der Waals surface area contributed by atoms with Crippen LogP contribution >= 0.6 is 11.6 Å². The second-order valence-corrected chi connectivity index (χ2v) is 7.35. The fourth-order valence-corrected chi connectivity index (χ4v) is 3.30. The molecule has 0 spiro atoms. The Labute approximate surface area is 186 Å². The molecule has 0 aliphatic rings. The highest BCUT2D eigenvalue weighted by Gasteiger charge is 2.19. The van der Waals surface area contributed by atoms with Crippen LogP contribution in [-0.4, -0.2) is 42.7 Å². The smallest absolute Gasteiger partial charge is 0.307 e. The van der Waals surface area contributed by atoms with Crippen LogP contribution in [0.25, 0.3) is 11.1 Å². The first-order chi connectivity index (χ1) is 14.8. The number of rotatable bonds is 11. The summed E-state index contributed by atoms with van der Waals surface area (Å²) in [4.78, 5) is 34.7. The molecule has 0 heterocycles. The molecule has 8 heteroatoms. The number of aliphatic carboxylic acids is 1. The van der Waals surface area contributed by atoms with Gasteiger partial charge in [-0.15, -0.1) is 0 Å². The Kier molecular flexibility index (Phi) is 9.34. The van der Waals surface area contributed by atoms with Crippen molar-refractivity contribution >= 4 is 29.4 Å². The molecule has 2 rings (SSSR count). The molecule has 0 fully saturated rings. The molecule has 0 bridgehead atoms. The van der Waals surface area contributed by atoms with Crippen LogP contribution in [0.4, 0.5) is 0 Å². The van der Waals surface area contributed by atoms with Crippen molar-refractivity contribution < 1.29 is 29.0 Å². The van der Waals surface area contributed by atoms with Crippen LogP contribution in [0.15, 0.2) is 42.5 Å². The Morgan fingerprint density at radius 2 is 1.81 bits per heavy atom. The molecule has 2 aromatic rings. The quantitative estimate of drug-likeness (QED) is 0.507. The first-order valence-corrected chi connectivity index (χ1v) is 10.3. The van der Waals surface area contributed by atoms with Gasteiger partial charge in [0.05, 0.1) is 26.6 Å². The maximum absolute atomic E-state index is 12.1. The van der Waals surface area contributed by atoms with E-state index in [1.165, 1.54) is 0 Å². The summed E-state index contributed by atoms with van der Waals surface area (Å²) in [6.45, 7) is 1.95. The van der Waals surface area contributed by atoms with E-state index in [0.29, 0.717) is 17.2 Å². The SMILES string of the molecule is CCOC(=O)CC(Cc1ccc(-c2cc(Cl)ccc2OC)cc1)NC(=O)CCC(=O)O. The first-order valence-electron chi connectivity index (χ1n) is 9.92. The summed E-state index contributed by atoms with van der Waals surface area (Å²) in [7, 11) is 1.59. The van der Waals surface area contributed by atoms with Gasteiger partial charge in [-0.2, -0.15) is 0 Å². The predicted octanol–water partition coefficient (Wildman–Crippen LogP) is 3.86. The molecule has 31 heavy (non-hydrogen) atoms. The molecule has 0 aliphatic heterocycles. The zero-order chi connectivity index (χ0) is 22.8. The lowest BCUT2D eigenvalue weighted by Crippen LogP contribution is -2.38. The van der Waals surface area contributed by atoms with E-state index < -0.39 is 23.9 Å². The summed E-state index contributed by atoms with van der Waals surface area (Å²) in [5.74, 6) is -1.20. The topological polar surface area (TPSA) is 102 Å². The van der Waals surface area contributed by atoms with E-state index in [-0.39, 0.29) is 25.9 Å². The highest BCUT2D eigenvalue weighted by molar-refractivity contribution is 6.31. The number of methoxy groups -OCH3 is 1. The number of nitrogens with one attached hydrogen (secondary N) is 1. The number of halogens is 1. The number of hydrogen-bond donors (Lipinski definition) is 2. The average molecular weight is 448 g/mol. The van der Waals surface area contributed by atoms with Gasteiger partial charge in [0.25, 0.3) is 0 Å². The number of carbonyl (C=O) groups excluding carboxylic acids is 2. The van der Waals surface area contributed by atoms with Gasteiger partial charge in [0, 0.05) is 23.0 Å². The maximum Gasteiger partial charge on any atom is 0.307 e. The second-order valence-electron chi connectivity index (χ2n) is 6.91. The molecule has 1 atom stereocenters. The minimum Gasteiger partial charge on any atom is -0.496 e. The van der Waals surface area contributed by atoms with Crippen LogP contribution < -0.4 is 10.1 Å². The second kappa shape index (κ2) is 12.0. The maximum atomic E-state index is 12.1. The summed E-state index contributed by atoms with van der Waals surface area (Å²) in [6, 6.07) is 12.5. The number of carbonyl (C=O) groups is 3. The summed E-state index contributed by atoms with van der Waals surface area (Å²) in [6.07, 6.45) is -0.0304. The molecule has 0 aromatic heterocycles. The zero-order valence-electron chi connectivity index (χ0n) is 17.5. The Balaban J connectivity index is 2.14. The lowest BCUT2D eigenvalue weighted by atomic mass is 9.98. The van der Waals surface area contributed by atoms with Gasteiger partial charge in [0.1, 0.15) is 5.75 Å². The predicted molar refractivity (Wildman–Crippen MR) is 117 cm³/mol. The van der Waals surface area contributed by atoms with Crippen LogP contribution in [0.2, 0.25) is 5.02 Å². The third-order valence-corrected chi connectivity index (χ3v) is 4.79. The fourth-order valence-electron chi connectivity index (χ4n) is 3.13. The van der Waals surface area contributed by atoms with E-state index in [0.717, 1.165) is 16.7 Å². The molecular formula is C23H26ClNO6. The molecule has 0 saturated carbocycles. The first kappa shape index (κ1) is 24.2. The molecule has 2 N–H and O–H groups in total. The van der Waals surface area contributed by atoms with Crippen LogP contribution in [0.3, 0.4) is 0 Å². The van der Waals surface area contributed by atoms with E-state index in [9.17, 15) is 14.4 Å². The van der Waals surface area contributed by atoms with Crippen molar-refractivity contribution in [2.45, 2.75) is 38.6 Å². The monoisotopic (exact) mass is 447 g/mol. The lowest BCUT2D eigenvalue weighted by molar-refractivity contribution is -0.144. The Morgan fingerprint density at radius 3 is 2.42 bits per heavy atom. The minimum atomic E-state index is -1.05. The van der Waals surface area contributed by atoms with Gasteiger partial charge < -0.3 is 19.9 Å². The molecule has 2 aromatic carbocycles. The van der Waals surface area contributed by atoms with Gasteiger partial charge in [-0.25, -0.2) is 0 Å². The van der Waals surface area contributed by atoms with E-state index in [1.54, 1.807) is 26.2 Å². The van der Waals surface area contributed by atoms with Crippen molar-refractivity contribution in [2.75, 3.05) is 13.7 Å². The van der Waals surface area contributed by atoms with E-state index in [4.69, 9.17) is 26.2 Å². The Bertz CT molecular complexity index is 913. The van der Waals surface area contributed by atoms with Crippen LogP contribution in [0, 0.1) is 0 Å². The van der Waals surface area contributed by atoms with E-state index >= 15 is 0 Å². The van der Waals surface area contributed by atoms with Crippen molar-refractivity contribution in [1.29, 1.82) is 0 Å². The van der Waals surface area contributed by atoms with Gasteiger partial charge in [-0.3, -0.25) is 14.4 Å². The molecule has 1 unspecified atom stereocenters. The molecule has 0 radical (unpaired) electrons. The molecule has 7 nitrogen and oxygen atoms in total. The third-order valence-electron chi connectivity index (χ3n) is 4.56. The third kappa shape index (κ3) is 7.94. The fraction of sp³-hybridized carbons (Fsp3) is 0.348. The average Bonchev–Trinajstić information content (AvgIpc) is 2.73. The zero-order valence-corrected chi connectivity index (χ0v) is 18.3. The molecular weight excluding hydrogens is 422 g/mol. The van der Waals surface area contributed by atoms with Crippen molar-refractivity contribution in [3.8, 4) is 16.9 Å². The van der Waals surface area contributed by atoms with Gasteiger partial charge in [-0.05, 0) is 42.7 Å². The molecule has 0 saturated heterocycles. The Hall–Kier alpha value is -3.06. The summed E-state index contributed by atoms with van der Waals surface area (Å²) >= 11 is 6.12. The van der Waals surface area contributed by atoms with Crippen molar-refractivity contribution in [3.63, 3.8) is 0 Å². The van der Waals surface area contributed by atoms with Gasteiger partial charge in [0.2, 0.25) is 5.91 Å². The molecule has 0 aliphatic carbocycles.